The molecule has 1 rings (SSSR count). The summed E-state index contributed by atoms with van der Waals surface area (Å²) in [6, 6.07) is 5.38. The van der Waals surface area contributed by atoms with Gasteiger partial charge < -0.3 is 10.1 Å². The Balaban J connectivity index is 2.60. The van der Waals surface area contributed by atoms with Crippen molar-refractivity contribution in [2.45, 2.75) is 13.8 Å². The molecule has 21 heavy (non-hydrogen) atoms. The van der Waals surface area contributed by atoms with E-state index in [4.69, 9.17) is 4.74 Å². The van der Waals surface area contributed by atoms with E-state index in [1.807, 2.05) is 19.9 Å². The van der Waals surface area contributed by atoms with Gasteiger partial charge in [0.25, 0.3) is 0 Å². The number of hydrazone groups is 1. The number of methoxy groups -OCH3 is 1. The van der Waals surface area contributed by atoms with Crippen LogP contribution in [0.3, 0.4) is 0 Å². The van der Waals surface area contributed by atoms with Crippen molar-refractivity contribution >= 4 is 34.0 Å². The van der Waals surface area contributed by atoms with Gasteiger partial charge in [-0.3, -0.25) is 9.59 Å². The number of carbonyl (C=O) groups is 2. The fourth-order valence-electron chi connectivity index (χ4n) is 1.39. The Labute approximate surface area is 132 Å². The number of hydrogen-bond acceptors (Lipinski definition) is 4. The maximum absolute atomic E-state index is 11.5. The van der Waals surface area contributed by atoms with Gasteiger partial charge in [0, 0.05) is 16.6 Å². The number of nitrogens with zero attached hydrogens (tertiary/aromatic N) is 1. The van der Waals surface area contributed by atoms with Gasteiger partial charge in [-0.2, -0.15) is 5.10 Å². The van der Waals surface area contributed by atoms with E-state index in [0.717, 1.165) is 4.47 Å². The summed E-state index contributed by atoms with van der Waals surface area (Å²) in [5.41, 5.74) is 2.85. The molecule has 0 heterocycles. The highest BCUT2D eigenvalue weighted by molar-refractivity contribution is 9.10. The standard InChI is InChI=1S/C14H18BrN3O3/c1-9(2)7-16-13(19)14(20)18-17-8-10-6-11(15)4-5-12(10)21-3/h4-6,8-9H,7H2,1-3H3,(H,16,19)(H,18,20)/b17-8+. The van der Waals surface area contributed by atoms with Crippen molar-refractivity contribution in [1.82, 2.24) is 10.7 Å². The minimum absolute atomic E-state index is 0.274. The van der Waals surface area contributed by atoms with Crippen LogP contribution in [0.1, 0.15) is 19.4 Å². The number of halogens is 1. The van der Waals surface area contributed by atoms with Gasteiger partial charge >= 0.3 is 11.8 Å². The summed E-state index contributed by atoms with van der Waals surface area (Å²) in [4.78, 5) is 22.9. The zero-order chi connectivity index (χ0) is 15.8. The molecule has 0 spiro atoms. The summed E-state index contributed by atoms with van der Waals surface area (Å²) < 4.78 is 6.02. The highest BCUT2D eigenvalue weighted by Gasteiger charge is 2.12. The zero-order valence-electron chi connectivity index (χ0n) is 12.1. The summed E-state index contributed by atoms with van der Waals surface area (Å²) in [6.45, 7) is 4.32. The number of benzene rings is 1. The van der Waals surface area contributed by atoms with Crippen LogP contribution in [-0.4, -0.2) is 31.7 Å². The number of nitrogens with one attached hydrogen (secondary N) is 2. The third-order valence-corrected chi connectivity index (χ3v) is 2.93. The van der Waals surface area contributed by atoms with Gasteiger partial charge in [-0.1, -0.05) is 29.8 Å². The molecule has 7 heteroatoms. The molecule has 0 aliphatic carbocycles. The number of carbonyl (C=O) groups excluding carboxylic acids is 2. The lowest BCUT2D eigenvalue weighted by Gasteiger charge is -2.06. The first-order valence-electron chi connectivity index (χ1n) is 6.38. The summed E-state index contributed by atoms with van der Waals surface area (Å²) in [5.74, 6) is -0.625. The van der Waals surface area contributed by atoms with Crippen molar-refractivity contribution in [2.75, 3.05) is 13.7 Å². The first-order chi connectivity index (χ1) is 9.93. The Bertz CT molecular complexity index is 544. The molecule has 2 amide bonds. The number of hydrogen-bond donors (Lipinski definition) is 2. The Kier molecular flexibility index (Phi) is 6.87. The average Bonchev–Trinajstić information content (AvgIpc) is 2.44. The van der Waals surface area contributed by atoms with Crippen LogP contribution >= 0.6 is 15.9 Å². The van der Waals surface area contributed by atoms with Crippen molar-refractivity contribution in [3.8, 4) is 5.75 Å². The number of rotatable bonds is 5. The quantitative estimate of drug-likeness (QED) is 0.479. The van der Waals surface area contributed by atoms with E-state index in [0.29, 0.717) is 17.9 Å². The van der Waals surface area contributed by atoms with Crippen LogP contribution in [0.2, 0.25) is 0 Å². The maximum atomic E-state index is 11.5. The van der Waals surface area contributed by atoms with Crippen LogP contribution in [0.25, 0.3) is 0 Å². The smallest absolute Gasteiger partial charge is 0.329 e. The van der Waals surface area contributed by atoms with Crippen molar-refractivity contribution < 1.29 is 14.3 Å². The molecule has 1 aromatic carbocycles. The molecule has 0 aliphatic rings. The van der Waals surface area contributed by atoms with Gasteiger partial charge in [0.05, 0.1) is 13.3 Å². The summed E-state index contributed by atoms with van der Waals surface area (Å²) >= 11 is 3.33. The molecule has 0 unspecified atom stereocenters. The SMILES string of the molecule is COc1ccc(Br)cc1/C=N/NC(=O)C(=O)NCC(C)C. The second-order valence-electron chi connectivity index (χ2n) is 4.69. The summed E-state index contributed by atoms with van der Waals surface area (Å²) in [6.07, 6.45) is 1.41. The van der Waals surface area contributed by atoms with Crippen LogP contribution < -0.4 is 15.5 Å². The van der Waals surface area contributed by atoms with Gasteiger partial charge in [-0.15, -0.1) is 0 Å². The monoisotopic (exact) mass is 355 g/mol. The molecule has 0 fully saturated rings. The lowest BCUT2D eigenvalue weighted by molar-refractivity contribution is -0.139. The van der Waals surface area contributed by atoms with E-state index in [1.165, 1.54) is 6.21 Å². The fourth-order valence-corrected chi connectivity index (χ4v) is 1.77. The average molecular weight is 356 g/mol. The van der Waals surface area contributed by atoms with E-state index in [2.05, 4.69) is 31.8 Å². The normalized spacial score (nSPS) is 10.7. The lowest BCUT2D eigenvalue weighted by Crippen LogP contribution is -2.39. The van der Waals surface area contributed by atoms with Crippen LogP contribution in [0.4, 0.5) is 0 Å². The third kappa shape index (κ3) is 5.95. The molecule has 0 aromatic heterocycles. The van der Waals surface area contributed by atoms with E-state index in [9.17, 15) is 9.59 Å². The van der Waals surface area contributed by atoms with Crippen molar-refractivity contribution in [3.05, 3.63) is 28.2 Å². The zero-order valence-corrected chi connectivity index (χ0v) is 13.7. The summed E-state index contributed by atoms with van der Waals surface area (Å²) in [7, 11) is 1.54. The second kappa shape index (κ2) is 8.41. The minimum Gasteiger partial charge on any atom is -0.496 e. The lowest BCUT2D eigenvalue weighted by atomic mass is 10.2. The predicted octanol–water partition coefficient (Wildman–Crippen LogP) is 1.68. The molecular weight excluding hydrogens is 338 g/mol. The Hall–Kier alpha value is -1.89. The van der Waals surface area contributed by atoms with Gasteiger partial charge in [-0.05, 0) is 24.1 Å². The maximum Gasteiger partial charge on any atom is 0.329 e. The molecule has 0 radical (unpaired) electrons. The Morgan fingerprint density at radius 3 is 2.71 bits per heavy atom. The van der Waals surface area contributed by atoms with Crippen molar-refractivity contribution in [1.29, 1.82) is 0 Å². The van der Waals surface area contributed by atoms with Gasteiger partial charge in [-0.25, -0.2) is 5.43 Å². The van der Waals surface area contributed by atoms with Gasteiger partial charge in [0.1, 0.15) is 5.75 Å². The molecule has 0 aliphatic heterocycles. The van der Waals surface area contributed by atoms with Gasteiger partial charge in [0.15, 0.2) is 0 Å². The Morgan fingerprint density at radius 2 is 2.10 bits per heavy atom. The molecule has 0 saturated heterocycles. The van der Waals surface area contributed by atoms with Crippen molar-refractivity contribution in [2.24, 2.45) is 11.0 Å². The Morgan fingerprint density at radius 1 is 1.38 bits per heavy atom. The van der Waals surface area contributed by atoms with Crippen molar-refractivity contribution in [3.63, 3.8) is 0 Å². The second-order valence-corrected chi connectivity index (χ2v) is 5.60. The molecule has 2 N–H and O–H groups in total. The highest BCUT2D eigenvalue weighted by atomic mass is 79.9. The molecule has 1 aromatic rings. The van der Waals surface area contributed by atoms with Crippen LogP contribution in [0.15, 0.2) is 27.8 Å². The molecule has 0 bridgehead atoms. The molecule has 6 nitrogen and oxygen atoms in total. The van der Waals surface area contributed by atoms with E-state index in [1.54, 1.807) is 19.2 Å². The first kappa shape index (κ1) is 17.2. The largest absolute Gasteiger partial charge is 0.496 e. The van der Waals surface area contributed by atoms with Crippen LogP contribution in [0, 0.1) is 5.92 Å². The van der Waals surface area contributed by atoms with Crippen LogP contribution in [-0.2, 0) is 9.59 Å². The highest BCUT2D eigenvalue weighted by Crippen LogP contribution is 2.21. The number of ether oxygens (including phenoxy) is 1. The van der Waals surface area contributed by atoms with E-state index in [-0.39, 0.29) is 5.92 Å². The molecule has 0 saturated carbocycles. The first-order valence-corrected chi connectivity index (χ1v) is 7.18. The van der Waals surface area contributed by atoms with Crippen LogP contribution in [0.5, 0.6) is 5.75 Å². The summed E-state index contributed by atoms with van der Waals surface area (Å²) in [5, 5.41) is 6.26. The predicted molar refractivity (Wildman–Crippen MR) is 84.3 cm³/mol. The molecular formula is C14H18BrN3O3. The van der Waals surface area contributed by atoms with E-state index >= 15 is 0 Å². The minimum atomic E-state index is -0.805. The molecule has 0 atom stereocenters. The molecule has 114 valence electrons. The van der Waals surface area contributed by atoms with Gasteiger partial charge in [0.2, 0.25) is 0 Å². The number of amides is 2. The van der Waals surface area contributed by atoms with E-state index < -0.39 is 11.8 Å². The fraction of sp³-hybridized carbons (Fsp3) is 0.357. The third-order valence-electron chi connectivity index (χ3n) is 2.44. The topological polar surface area (TPSA) is 79.8 Å².